The van der Waals surface area contributed by atoms with Gasteiger partial charge in [0.05, 0.1) is 6.61 Å². The summed E-state index contributed by atoms with van der Waals surface area (Å²) in [5, 5.41) is 40.1. The van der Waals surface area contributed by atoms with Gasteiger partial charge >= 0.3 is 0 Å². The van der Waals surface area contributed by atoms with Crippen LogP contribution in [0, 0.1) is 38.5 Å². The fourth-order valence-corrected chi connectivity index (χ4v) is 6.74. The lowest BCUT2D eigenvalue weighted by atomic mass is 9.83. The molecule has 1 aromatic rings. The normalized spacial score (nSPS) is 27.9. The molecule has 242 valence electrons. The smallest absolute Gasteiger partial charge is 0.229 e. The van der Waals surface area contributed by atoms with E-state index in [9.17, 15) is 20.4 Å². The van der Waals surface area contributed by atoms with Crippen LogP contribution in [0.15, 0.2) is 0 Å². The number of aliphatic hydroxyl groups excluding tert-OH is 4. The van der Waals surface area contributed by atoms with E-state index < -0.39 is 37.3 Å². The topological polar surface area (TPSA) is 109 Å². The number of hydrogen-bond acceptors (Lipinski definition) is 7. The van der Waals surface area contributed by atoms with Crippen LogP contribution in [-0.2, 0) is 11.2 Å². The zero-order valence-corrected chi connectivity index (χ0v) is 27.6. The highest BCUT2D eigenvalue weighted by Gasteiger charge is 2.47. The van der Waals surface area contributed by atoms with E-state index in [1.165, 1.54) is 44.9 Å². The van der Waals surface area contributed by atoms with Crippen molar-refractivity contribution in [2.24, 2.45) is 17.8 Å². The Kier molecular flexibility index (Phi) is 13.0. The van der Waals surface area contributed by atoms with Crippen LogP contribution in [-0.4, -0.2) is 63.3 Å². The predicted molar refractivity (Wildman–Crippen MR) is 167 cm³/mol. The monoisotopic (exact) mass is 592 g/mol. The molecule has 0 spiro atoms. The third-order valence-electron chi connectivity index (χ3n) is 9.90. The van der Waals surface area contributed by atoms with Gasteiger partial charge in [0.15, 0.2) is 0 Å². The summed E-state index contributed by atoms with van der Waals surface area (Å²) in [5.41, 5.74) is 3.76. The zero-order valence-electron chi connectivity index (χ0n) is 27.6. The van der Waals surface area contributed by atoms with Crippen molar-refractivity contribution < 1.29 is 34.6 Å². The number of rotatable bonds is 16. The molecule has 1 saturated heterocycles. The number of fused-ring (bicyclic) bond motifs is 1. The molecule has 3 rings (SSSR count). The van der Waals surface area contributed by atoms with Crippen molar-refractivity contribution in [2.75, 3.05) is 6.61 Å². The number of benzene rings is 1. The van der Waals surface area contributed by atoms with Gasteiger partial charge in [-0.15, -0.1) is 0 Å². The van der Waals surface area contributed by atoms with E-state index in [-0.39, 0.29) is 5.60 Å². The molecule has 0 aromatic heterocycles. The Labute approximate surface area is 255 Å². The number of hydrogen-bond donors (Lipinski definition) is 4. The highest BCUT2D eigenvalue weighted by molar-refractivity contribution is 5.59. The lowest BCUT2D eigenvalue weighted by Gasteiger charge is -2.38. The van der Waals surface area contributed by atoms with Gasteiger partial charge in [0, 0.05) is 5.56 Å². The van der Waals surface area contributed by atoms with Crippen molar-refractivity contribution in [1.29, 1.82) is 0 Å². The summed E-state index contributed by atoms with van der Waals surface area (Å²) in [5.74, 6) is 3.94. The van der Waals surface area contributed by atoms with Gasteiger partial charge in [-0.2, -0.15) is 0 Å². The van der Waals surface area contributed by atoms with Crippen LogP contribution < -0.4 is 9.47 Å². The maximum absolute atomic E-state index is 10.5. The summed E-state index contributed by atoms with van der Waals surface area (Å²) in [4.78, 5) is 0. The van der Waals surface area contributed by atoms with E-state index in [1.54, 1.807) is 0 Å². The van der Waals surface area contributed by atoms with Gasteiger partial charge in [0.1, 0.15) is 41.5 Å². The first-order valence-corrected chi connectivity index (χ1v) is 16.6. The first-order chi connectivity index (χ1) is 19.8. The molecule has 7 heteroatoms. The molecule has 8 atom stereocenters. The van der Waals surface area contributed by atoms with Crippen molar-refractivity contribution in [2.45, 2.75) is 162 Å². The minimum absolute atomic E-state index is 0.202. The fourth-order valence-electron chi connectivity index (χ4n) is 6.74. The molecule has 0 saturated carbocycles. The highest BCUT2D eigenvalue weighted by atomic mass is 16.7. The van der Waals surface area contributed by atoms with Crippen LogP contribution in [0.2, 0.25) is 0 Å². The Morgan fingerprint density at radius 2 is 1.45 bits per heavy atom. The number of ether oxygens (including phenoxy) is 3. The Hall–Kier alpha value is -1.38. The van der Waals surface area contributed by atoms with E-state index in [0.29, 0.717) is 5.75 Å². The minimum atomic E-state index is -1.36. The average molecular weight is 593 g/mol. The van der Waals surface area contributed by atoms with Crippen molar-refractivity contribution in [3.05, 3.63) is 22.3 Å². The molecular formula is C35H60O7. The highest BCUT2D eigenvalue weighted by Crippen LogP contribution is 2.45. The predicted octanol–water partition coefficient (Wildman–Crippen LogP) is 6.31. The molecule has 0 amide bonds. The van der Waals surface area contributed by atoms with Gasteiger partial charge in [-0.25, -0.2) is 0 Å². The lowest BCUT2D eigenvalue weighted by Crippen LogP contribution is -2.40. The second-order valence-corrected chi connectivity index (χ2v) is 14.2. The van der Waals surface area contributed by atoms with Gasteiger partial charge in [0.25, 0.3) is 0 Å². The summed E-state index contributed by atoms with van der Waals surface area (Å²) in [6.07, 6.45) is 7.03. The van der Waals surface area contributed by atoms with E-state index in [2.05, 4.69) is 34.6 Å². The molecule has 42 heavy (non-hydrogen) atoms. The van der Waals surface area contributed by atoms with Gasteiger partial charge in [-0.1, -0.05) is 72.6 Å². The Morgan fingerprint density at radius 1 is 0.857 bits per heavy atom. The largest absolute Gasteiger partial charge is 0.487 e. The molecule has 0 radical (unpaired) electrons. The van der Waals surface area contributed by atoms with E-state index in [1.807, 2.05) is 20.8 Å². The minimum Gasteiger partial charge on any atom is -0.487 e. The molecule has 4 N–H and O–H groups in total. The lowest BCUT2D eigenvalue weighted by molar-refractivity contribution is -0.137. The van der Waals surface area contributed by atoms with Crippen LogP contribution in [0.5, 0.6) is 11.5 Å². The summed E-state index contributed by atoms with van der Waals surface area (Å²) in [6, 6.07) is 0. The maximum Gasteiger partial charge on any atom is 0.229 e. The summed E-state index contributed by atoms with van der Waals surface area (Å²) in [6.45, 7) is 17.1. The van der Waals surface area contributed by atoms with Gasteiger partial charge in [-0.05, 0) is 87.8 Å². The summed E-state index contributed by atoms with van der Waals surface area (Å²) in [7, 11) is 0. The first kappa shape index (κ1) is 35.1. The molecule has 7 nitrogen and oxygen atoms in total. The molecule has 0 aliphatic carbocycles. The molecule has 1 aromatic carbocycles. The second-order valence-electron chi connectivity index (χ2n) is 14.2. The maximum atomic E-state index is 10.5. The molecule has 2 aliphatic heterocycles. The summed E-state index contributed by atoms with van der Waals surface area (Å²) < 4.78 is 18.5. The van der Waals surface area contributed by atoms with Crippen molar-refractivity contribution >= 4 is 0 Å². The Balaban J connectivity index is 1.54. The molecule has 2 heterocycles. The van der Waals surface area contributed by atoms with Crippen molar-refractivity contribution in [3.63, 3.8) is 0 Å². The van der Waals surface area contributed by atoms with Crippen LogP contribution in [0.4, 0.5) is 0 Å². The van der Waals surface area contributed by atoms with Crippen molar-refractivity contribution in [3.8, 4) is 11.5 Å². The molecule has 1 fully saturated rings. The third kappa shape index (κ3) is 8.84. The second kappa shape index (κ2) is 15.6. The fraction of sp³-hybridized carbons (Fsp3) is 0.829. The Morgan fingerprint density at radius 3 is 2.05 bits per heavy atom. The van der Waals surface area contributed by atoms with Crippen LogP contribution in [0.1, 0.15) is 121 Å². The van der Waals surface area contributed by atoms with Gasteiger partial charge in [0.2, 0.25) is 6.29 Å². The summed E-state index contributed by atoms with van der Waals surface area (Å²) >= 11 is 0. The third-order valence-corrected chi connectivity index (χ3v) is 9.90. The van der Waals surface area contributed by atoms with E-state index in [4.69, 9.17) is 14.2 Å². The van der Waals surface area contributed by atoms with Gasteiger partial charge < -0.3 is 34.6 Å². The van der Waals surface area contributed by atoms with Crippen molar-refractivity contribution in [1.82, 2.24) is 0 Å². The SMILES string of the molecule is Cc1c(C)c2c(c(C)c1OC1OC(C(O)CO)C(O)C1O)CCC(C)(CCCC(C)CCCC(C)CCCC(C)C)O2. The average Bonchev–Trinajstić information content (AvgIpc) is 3.22. The standard InChI is InChI=1S/C35H60O7/c1-21(2)12-9-13-22(3)14-10-15-23(4)16-11-18-35(8)19-17-27-26(7)31(24(5)25(6)32(27)42-35)40-34-30(39)29(38)33(41-34)28(37)20-36/h21-23,28-30,33-34,36-39H,9-20H2,1-8H3. The number of aliphatic hydroxyl groups is 4. The quantitative estimate of drug-likeness (QED) is 0.178. The van der Waals surface area contributed by atoms with E-state index in [0.717, 1.165) is 71.4 Å². The molecular weight excluding hydrogens is 532 g/mol. The van der Waals surface area contributed by atoms with Gasteiger partial charge in [-0.3, -0.25) is 0 Å². The molecule has 0 bridgehead atoms. The molecule has 8 unspecified atom stereocenters. The van der Waals surface area contributed by atoms with Crippen LogP contribution in [0.25, 0.3) is 0 Å². The first-order valence-electron chi connectivity index (χ1n) is 16.6. The molecule has 2 aliphatic rings. The zero-order chi connectivity index (χ0) is 31.2. The van der Waals surface area contributed by atoms with Crippen LogP contribution >= 0.6 is 0 Å². The van der Waals surface area contributed by atoms with E-state index >= 15 is 0 Å². The van der Waals surface area contributed by atoms with Crippen LogP contribution in [0.3, 0.4) is 0 Å². The Bertz CT molecular complexity index is 994.